The SMILES string of the molecule is CCOP(=O)(C#CC(C)C)OCC. The Morgan fingerprint density at radius 1 is 1.23 bits per heavy atom. The van der Waals surface area contributed by atoms with Gasteiger partial charge in [0.25, 0.3) is 0 Å². The molecule has 0 saturated heterocycles. The molecular weight excluding hydrogens is 187 g/mol. The van der Waals surface area contributed by atoms with Crippen molar-refractivity contribution in [1.82, 2.24) is 0 Å². The average Bonchev–Trinajstić information content (AvgIpc) is 2.02. The van der Waals surface area contributed by atoms with Gasteiger partial charge in [0.2, 0.25) is 0 Å². The quantitative estimate of drug-likeness (QED) is 0.521. The monoisotopic (exact) mass is 204 g/mol. The Hall–Kier alpha value is -0.290. The molecule has 0 bridgehead atoms. The van der Waals surface area contributed by atoms with Crippen molar-refractivity contribution in [2.24, 2.45) is 5.92 Å². The van der Waals surface area contributed by atoms with Crippen LogP contribution in [-0.2, 0) is 13.6 Å². The van der Waals surface area contributed by atoms with Gasteiger partial charge in [-0.05, 0) is 13.8 Å². The minimum atomic E-state index is -3.13. The van der Waals surface area contributed by atoms with E-state index in [1.807, 2.05) is 13.8 Å². The summed E-state index contributed by atoms with van der Waals surface area (Å²) in [6.07, 6.45) is 0. The highest BCUT2D eigenvalue weighted by atomic mass is 31.2. The first-order valence-corrected chi connectivity index (χ1v) is 6.00. The third kappa shape index (κ3) is 5.87. The fourth-order valence-corrected chi connectivity index (χ4v) is 1.95. The van der Waals surface area contributed by atoms with Crippen molar-refractivity contribution in [2.75, 3.05) is 13.2 Å². The minimum Gasteiger partial charge on any atom is -0.300 e. The maximum absolute atomic E-state index is 11.7. The van der Waals surface area contributed by atoms with Crippen LogP contribution in [0.15, 0.2) is 0 Å². The molecule has 0 aliphatic carbocycles. The fraction of sp³-hybridized carbons (Fsp3) is 0.778. The highest BCUT2D eigenvalue weighted by Crippen LogP contribution is 2.46. The van der Waals surface area contributed by atoms with Gasteiger partial charge in [0.15, 0.2) is 0 Å². The zero-order chi connectivity index (χ0) is 10.3. The molecule has 0 heterocycles. The molecular formula is C9H17O3P. The maximum atomic E-state index is 11.7. The zero-order valence-electron chi connectivity index (χ0n) is 8.66. The van der Waals surface area contributed by atoms with E-state index in [9.17, 15) is 4.57 Å². The topological polar surface area (TPSA) is 35.5 Å². The molecule has 0 aliphatic heterocycles. The van der Waals surface area contributed by atoms with Crippen molar-refractivity contribution in [3.05, 3.63) is 0 Å². The summed E-state index contributed by atoms with van der Waals surface area (Å²) < 4.78 is 21.7. The van der Waals surface area contributed by atoms with Gasteiger partial charge in [-0.1, -0.05) is 19.8 Å². The molecule has 0 radical (unpaired) electrons. The lowest BCUT2D eigenvalue weighted by Crippen LogP contribution is -1.93. The first kappa shape index (κ1) is 12.7. The third-order valence-corrected chi connectivity index (χ3v) is 2.69. The summed E-state index contributed by atoms with van der Waals surface area (Å²) in [6, 6.07) is 0. The molecule has 0 atom stereocenters. The van der Waals surface area contributed by atoms with Crippen molar-refractivity contribution in [2.45, 2.75) is 27.7 Å². The van der Waals surface area contributed by atoms with Crippen LogP contribution in [0.4, 0.5) is 0 Å². The Morgan fingerprint density at radius 3 is 2.00 bits per heavy atom. The van der Waals surface area contributed by atoms with Gasteiger partial charge < -0.3 is 0 Å². The molecule has 0 saturated carbocycles. The second-order valence-corrected chi connectivity index (χ2v) is 4.48. The summed E-state index contributed by atoms with van der Waals surface area (Å²) in [4.78, 5) is 0. The molecule has 76 valence electrons. The Labute approximate surface area is 80.3 Å². The van der Waals surface area contributed by atoms with Gasteiger partial charge in [-0.15, -0.1) is 0 Å². The molecule has 0 amide bonds. The predicted molar refractivity (Wildman–Crippen MR) is 53.5 cm³/mol. The first-order valence-electron chi connectivity index (χ1n) is 4.46. The predicted octanol–water partition coefficient (Wildman–Crippen LogP) is 2.87. The van der Waals surface area contributed by atoms with Crippen LogP contribution in [0.5, 0.6) is 0 Å². The Kier molecular flexibility index (Phi) is 6.07. The summed E-state index contributed by atoms with van der Waals surface area (Å²) in [6.45, 7) is 8.09. The van der Waals surface area contributed by atoms with Crippen LogP contribution >= 0.6 is 7.60 Å². The third-order valence-electron chi connectivity index (χ3n) is 1.09. The Bertz CT molecular complexity index is 227. The summed E-state index contributed by atoms with van der Waals surface area (Å²) in [5.74, 6) is 2.97. The summed E-state index contributed by atoms with van der Waals surface area (Å²) in [5, 5.41) is 0. The van der Waals surface area contributed by atoms with Crippen molar-refractivity contribution in [1.29, 1.82) is 0 Å². The molecule has 0 aromatic carbocycles. The van der Waals surface area contributed by atoms with Gasteiger partial charge in [-0.25, -0.2) is 4.57 Å². The molecule has 0 N–H and O–H groups in total. The smallest absolute Gasteiger partial charge is 0.300 e. The Balaban J connectivity index is 4.43. The maximum Gasteiger partial charge on any atom is 0.405 e. The second-order valence-electron chi connectivity index (χ2n) is 2.74. The van der Waals surface area contributed by atoms with Crippen LogP contribution in [0, 0.1) is 17.5 Å². The fourth-order valence-electron chi connectivity index (χ4n) is 0.650. The lowest BCUT2D eigenvalue weighted by atomic mass is 10.2. The van der Waals surface area contributed by atoms with Crippen LogP contribution in [0.1, 0.15) is 27.7 Å². The van der Waals surface area contributed by atoms with E-state index in [1.54, 1.807) is 13.8 Å². The number of hydrogen-bond donors (Lipinski definition) is 0. The highest BCUT2D eigenvalue weighted by Gasteiger charge is 2.19. The molecule has 0 rings (SSSR count). The van der Waals surface area contributed by atoms with Crippen LogP contribution in [-0.4, -0.2) is 13.2 Å². The van der Waals surface area contributed by atoms with Crippen molar-refractivity contribution in [3.63, 3.8) is 0 Å². The van der Waals surface area contributed by atoms with Crippen molar-refractivity contribution in [3.8, 4) is 11.6 Å². The van der Waals surface area contributed by atoms with Gasteiger partial charge in [0.05, 0.1) is 13.2 Å². The molecule has 0 spiro atoms. The number of rotatable bonds is 4. The van der Waals surface area contributed by atoms with E-state index in [2.05, 4.69) is 11.6 Å². The normalized spacial score (nSPS) is 11.2. The van der Waals surface area contributed by atoms with Gasteiger partial charge in [-0.2, -0.15) is 0 Å². The first-order chi connectivity index (χ1) is 6.04. The summed E-state index contributed by atoms with van der Waals surface area (Å²) in [5.41, 5.74) is 2.56. The van der Waals surface area contributed by atoms with E-state index in [-0.39, 0.29) is 5.92 Å². The van der Waals surface area contributed by atoms with Crippen molar-refractivity contribution >= 4 is 7.60 Å². The van der Waals surface area contributed by atoms with Gasteiger partial charge in [0, 0.05) is 11.6 Å². The van der Waals surface area contributed by atoms with Gasteiger partial charge >= 0.3 is 7.60 Å². The molecule has 0 aromatic heterocycles. The molecule has 4 heteroatoms. The average molecular weight is 204 g/mol. The van der Waals surface area contributed by atoms with Crippen molar-refractivity contribution < 1.29 is 13.6 Å². The lowest BCUT2D eigenvalue weighted by molar-refractivity contribution is 0.230. The van der Waals surface area contributed by atoms with Crippen LogP contribution < -0.4 is 0 Å². The summed E-state index contributed by atoms with van der Waals surface area (Å²) >= 11 is 0. The molecule has 0 aliphatic rings. The number of hydrogen-bond acceptors (Lipinski definition) is 3. The molecule has 0 fully saturated rings. The van der Waals surface area contributed by atoms with E-state index >= 15 is 0 Å². The second kappa shape index (κ2) is 6.21. The molecule has 0 aromatic rings. The van der Waals surface area contributed by atoms with Gasteiger partial charge in [0.1, 0.15) is 0 Å². The van der Waals surface area contributed by atoms with Crippen LogP contribution in [0.3, 0.4) is 0 Å². The lowest BCUT2D eigenvalue weighted by Gasteiger charge is -2.09. The highest BCUT2D eigenvalue weighted by molar-refractivity contribution is 7.59. The Morgan fingerprint density at radius 2 is 1.69 bits per heavy atom. The van der Waals surface area contributed by atoms with E-state index in [4.69, 9.17) is 9.05 Å². The standard InChI is InChI=1S/C9H17O3P/c1-5-11-13(10,12-6-2)8-7-9(3)4/h9H,5-6H2,1-4H3. The minimum absolute atomic E-state index is 0.175. The van der Waals surface area contributed by atoms with E-state index < -0.39 is 7.60 Å². The van der Waals surface area contributed by atoms with Gasteiger partial charge in [-0.3, -0.25) is 9.05 Å². The molecule has 0 unspecified atom stereocenters. The van der Waals surface area contributed by atoms with E-state index in [0.29, 0.717) is 13.2 Å². The molecule has 3 nitrogen and oxygen atoms in total. The van der Waals surface area contributed by atoms with Crippen LogP contribution in [0.25, 0.3) is 0 Å². The van der Waals surface area contributed by atoms with Crippen LogP contribution in [0.2, 0.25) is 0 Å². The zero-order valence-corrected chi connectivity index (χ0v) is 9.56. The summed E-state index contributed by atoms with van der Waals surface area (Å²) in [7, 11) is -3.13. The molecule has 13 heavy (non-hydrogen) atoms. The largest absolute Gasteiger partial charge is 0.405 e. The van der Waals surface area contributed by atoms with E-state index in [0.717, 1.165) is 0 Å². The van der Waals surface area contributed by atoms with E-state index in [1.165, 1.54) is 0 Å².